The van der Waals surface area contributed by atoms with Crippen LogP contribution >= 0.6 is 0 Å². The first-order chi connectivity index (χ1) is 7.58. The van der Waals surface area contributed by atoms with Gasteiger partial charge in [0.25, 0.3) is 0 Å². The zero-order valence-electron chi connectivity index (χ0n) is 9.66. The zero-order valence-corrected chi connectivity index (χ0v) is 10.5. The standard InChI is InChI=1S/C10H20N2O3S/c1-11-10(4-6-15-7-5-10)8-12-16(13,14)9-2-3-9/h9,11-12H,2-8H2,1H3. The van der Waals surface area contributed by atoms with E-state index < -0.39 is 10.0 Å². The van der Waals surface area contributed by atoms with Gasteiger partial charge in [-0.25, -0.2) is 13.1 Å². The predicted octanol–water partition coefficient (Wildman–Crippen LogP) is -0.163. The summed E-state index contributed by atoms with van der Waals surface area (Å²) < 4.78 is 31.5. The second-order valence-corrected chi connectivity index (χ2v) is 6.75. The molecule has 0 aromatic carbocycles. The summed E-state index contributed by atoms with van der Waals surface area (Å²) >= 11 is 0. The molecule has 1 saturated heterocycles. The van der Waals surface area contributed by atoms with Crippen LogP contribution in [0.2, 0.25) is 0 Å². The summed E-state index contributed by atoms with van der Waals surface area (Å²) in [7, 11) is -1.18. The van der Waals surface area contributed by atoms with Crippen molar-refractivity contribution in [2.75, 3.05) is 26.8 Å². The van der Waals surface area contributed by atoms with Gasteiger partial charge >= 0.3 is 0 Å². The molecule has 5 nitrogen and oxygen atoms in total. The smallest absolute Gasteiger partial charge is 0.214 e. The Hall–Kier alpha value is -0.170. The maximum absolute atomic E-state index is 11.7. The van der Waals surface area contributed by atoms with Gasteiger partial charge in [0.2, 0.25) is 10.0 Å². The summed E-state index contributed by atoms with van der Waals surface area (Å²) in [5, 5.41) is 3.10. The molecular weight excluding hydrogens is 228 g/mol. The van der Waals surface area contributed by atoms with Gasteiger partial charge in [-0.3, -0.25) is 0 Å². The van der Waals surface area contributed by atoms with E-state index in [2.05, 4.69) is 10.0 Å². The lowest BCUT2D eigenvalue weighted by molar-refractivity contribution is 0.0431. The molecule has 0 aromatic rings. The van der Waals surface area contributed by atoms with E-state index in [1.165, 1.54) is 0 Å². The molecule has 2 rings (SSSR count). The first-order valence-electron chi connectivity index (χ1n) is 5.83. The van der Waals surface area contributed by atoms with E-state index >= 15 is 0 Å². The lowest BCUT2D eigenvalue weighted by Crippen LogP contribution is -2.55. The second-order valence-electron chi connectivity index (χ2n) is 4.71. The fraction of sp³-hybridized carbons (Fsp3) is 1.00. The summed E-state index contributed by atoms with van der Waals surface area (Å²) in [6.45, 7) is 1.88. The molecule has 2 fully saturated rings. The molecule has 0 bridgehead atoms. The minimum absolute atomic E-state index is 0.125. The SMILES string of the molecule is CNC1(CNS(=O)(=O)C2CC2)CCOCC1. The highest BCUT2D eigenvalue weighted by Gasteiger charge is 2.38. The van der Waals surface area contributed by atoms with E-state index in [1.54, 1.807) is 0 Å². The van der Waals surface area contributed by atoms with E-state index in [-0.39, 0.29) is 10.8 Å². The molecule has 6 heteroatoms. The van der Waals surface area contributed by atoms with Crippen molar-refractivity contribution in [2.45, 2.75) is 36.5 Å². The molecule has 0 atom stereocenters. The summed E-state index contributed by atoms with van der Waals surface area (Å²) in [5.41, 5.74) is -0.125. The van der Waals surface area contributed by atoms with Crippen LogP contribution < -0.4 is 10.0 Å². The highest BCUT2D eigenvalue weighted by molar-refractivity contribution is 7.90. The van der Waals surface area contributed by atoms with Gasteiger partial charge in [-0.15, -0.1) is 0 Å². The minimum Gasteiger partial charge on any atom is -0.381 e. The zero-order chi connectivity index (χ0) is 11.6. The Morgan fingerprint density at radius 3 is 2.44 bits per heavy atom. The molecule has 0 radical (unpaired) electrons. The van der Waals surface area contributed by atoms with Crippen LogP contribution in [0.25, 0.3) is 0 Å². The highest BCUT2D eigenvalue weighted by Crippen LogP contribution is 2.28. The summed E-state index contributed by atoms with van der Waals surface area (Å²) in [6, 6.07) is 0. The molecule has 1 heterocycles. The molecule has 2 aliphatic rings. The van der Waals surface area contributed by atoms with Crippen LogP contribution in [0.1, 0.15) is 25.7 Å². The van der Waals surface area contributed by atoms with Gasteiger partial charge in [0, 0.05) is 25.3 Å². The number of hydrogen-bond acceptors (Lipinski definition) is 4. The number of nitrogens with one attached hydrogen (secondary N) is 2. The third-order valence-electron chi connectivity index (χ3n) is 3.56. The number of ether oxygens (including phenoxy) is 1. The molecule has 1 aliphatic heterocycles. The molecule has 2 N–H and O–H groups in total. The van der Waals surface area contributed by atoms with E-state index in [0.29, 0.717) is 19.8 Å². The molecule has 0 spiro atoms. The third kappa shape index (κ3) is 2.74. The molecule has 16 heavy (non-hydrogen) atoms. The topological polar surface area (TPSA) is 67.4 Å². The predicted molar refractivity (Wildman–Crippen MR) is 61.8 cm³/mol. The Morgan fingerprint density at radius 1 is 1.31 bits per heavy atom. The molecule has 0 amide bonds. The Labute approximate surface area is 97.0 Å². The molecule has 94 valence electrons. The monoisotopic (exact) mass is 248 g/mol. The Balaban J connectivity index is 1.91. The first kappa shape index (κ1) is 12.3. The van der Waals surface area contributed by atoms with Crippen LogP contribution in [0.4, 0.5) is 0 Å². The molecule has 0 unspecified atom stereocenters. The summed E-state index contributed by atoms with van der Waals surface area (Å²) in [5.74, 6) is 0. The molecular formula is C10H20N2O3S. The number of likely N-dealkylation sites (N-methyl/N-ethyl adjacent to an activating group) is 1. The van der Waals surface area contributed by atoms with Crippen molar-refractivity contribution >= 4 is 10.0 Å². The minimum atomic E-state index is -3.07. The van der Waals surface area contributed by atoms with Crippen molar-refractivity contribution in [3.8, 4) is 0 Å². The van der Waals surface area contributed by atoms with E-state index in [0.717, 1.165) is 25.7 Å². The third-order valence-corrected chi connectivity index (χ3v) is 5.45. The lowest BCUT2D eigenvalue weighted by Gasteiger charge is -2.37. The second kappa shape index (κ2) is 4.60. The number of hydrogen-bond donors (Lipinski definition) is 2. The summed E-state index contributed by atoms with van der Waals surface area (Å²) in [4.78, 5) is 0. The molecule has 1 saturated carbocycles. The van der Waals surface area contributed by atoms with Crippen molar-refractivity contribution in [3.63, 3.8) is 0 Å². The lowest BCUT2D eigenvalue weighted by atomic mass is 9.90. The van der Waals surface area contributed by atoms with Crippen LogP contribution in [0.15, 0.2) is 0 Å². The van der Waals surface area contributed by atoms with Crippen LogP contribution in [-0.4, -0.2) is 46.0 Å². The largest absolute Gasteiger partial charge is 0.381 e. The summed E-state index contributed by atoms with van der Waals surface area (Å²) in [6.07, 6.45) is 3.34. The van der Waals surface area contributed by atoms with Crippen molar-refractivity contribution in [2.24, 2.45) is 0 Å². The average Bonchev–Trinajstić information content (AvgIpc) is 3.12. The fourth-order valence-electron chi connectivity index (χ4n) is 2.01. The van der Waals surface area contributed by atoms with E-state index in [4.69, 9.17) is 4.74 Å². The highest BCUT2D eigenvalue weighted by atomic mass is 32.2. The van der Waals surface area contributed by atoms with Crippen molar-refractivity contribution < 1.29 is 13.2 Å². The Morgan fingerprint density at radius 2 is 1.94 bits per heavy atom. The van der Waals surface area contributed by atoms with Crippen molar-refractivity contribution in [1.82, 2.24) is 10.0 Å². The van der Waals surface area contributed by atoms with E-state index in [9.17, 15) is 8.42 Å². The van der Waals surface area contributed by atoms with Crippen LogP contribution in [-0.2, 0) is 14.8 Å². The van der Waals surface area contributed by atoms with Gasteiger partial charge in [-0.05, 0) is 32.7 Å². The fourth-order valence-corrected chi connectivity index (χ4v) is 3.48. The number of rotatable bonds is 5. The average molecular weight is 248 g/mol. The van der Waals surface area contributed by atoms with Gasteiger partial charge in [0.05, 0.1) is 5.25 Å². The van der Waals surface area contributed by atoms with Crippen molar-refractivity contribution in [3.05, 3.63) is 0 Å². The normalized spacial score (nSPS) is 25.6. The molecule has 0 aromatic heterocycles. The van der Waals surface area contributed by atoms with Crippen LogP contribution in [0, 0.1) is 0 Å². The number of sulfonamides is 1. The van der Waals surface area contributed by atoms with Gasteiger partial charge in [-0.1, -0.05) is 0 Å². The van der Waals surface area contributed by atoms with Gasteiger partial charge in [-0.2, -0.15) is 0 Å². The Kier molecular flexibility index (Phi) is 3.53. The van der Waals surface area contributed by atoms with Gasteiger partial charge in [0.15, 0.2) is 0 Å². The molecule has 1 aliphatic carbocycles. The first-order valence-corrected chi connectivity index (χ1v) is 7.38. The van der Waals surface area contributed by atoms with Gasteiger partial charge in [0.1, 0.15) is 0 Å². The van der Waals surface area contributed by atoms with Gasteiger partial charge < -0.3 is 10.1 Å². The van der Waals surface area contributed by atoms with Crippen LogP contribution in [0.3, 0.4) is 0 Å². The van der Waals surface area contributed by atoms with E-state index in [1.807, 2.05) is 7.05 Å². The quantitative estimate of drug-likeness (QED) is 0.709. The van der Waals surface area contributed by atoms with Crippen LogP contribution in [0.5, 0.6) is 0 Å². The maximum atomic E-state index is 11.7. The maximum Gasteiger partial charge on any atom is 0.214 e. The van der Waals surface area contributed by atoms with Crippen molar-refractivity contribution in [1.29, 1.82) is 0 Å². The Bertz CT molecular complexity index is 332.